The highest BCUT2D eigenvalue weighted by atomic mass is 127. The Kier molecular flexibility index (Phi) is 3.75. The minimum Gasteiger partial charge on any atom is -0.466 e. The second-order valence-electron chi connectivity index (χ2n) is 4.64. The summed E-state index contributed by atoms with van der Waals surface area (Å²) in [7, 11) is 1.27. The van der Waals surface area contributed by atoms with Crippen LogP contribution in [0.5, 0.6) is 0 Å². The number of halogens is 1. The molecule has 0 aromatic carbocycles. The summed E-state index contributed by atoms with van der Waals surface area (Å²) in [4.78, 5) is 22.4. The molecule has 2 bridgehead atoms. The number of carbonyl (C=O) groups is 2. The Morgan fingerprint density at radius 2 is 2.00 bits per heavy atom. The normalized spacial score (nSPS) is 35.2. The Balaban J connectivity index is 1.91. The fraction of sp³-hybridized carbons (Fsp3) is 0.667. The molecule has 2 rings (SSSR count). The van der Waals surface area contributed by atoms with E-state index in [1.54, 1.807) is 0 Å². The third-order valence-corrected chi connectivity index (χ3v) is 5.09. The van der Waals surface area contributed by atoms with E-state index in [0.717, 1.165) is 31.4 Å². The molecule has 2 saturated carbocycles. The zero-order valence-corrected chi connectivity index (χ0v) is 11.8. The molecule has 3 atom stereocenters. The molecule has 0 saturated heterocycles. The standard InChI is InChI=1S/C12H15IO4/c1-16-10(14)4-5-11(15)17-12(13)7-8-2-3-9(12)6-8/h4-5,8-9H,2-3,6-7H2,1H3/b5-4+. The second-order valence-corrected chi connectivity index (χ2v) is 6.47. The molecule has 0 spiro atoms. The fourth-order valence-electron chi connectivity index (χ4n) is 2.74. The molecule has 0 aromatic rings. The van der Waals surface area contributed by atoms with Crippen LogP contribution in [0.3, 0.4) is 0 Å². The van der Waals surface area contributed by atoms with Gasteiger partial charge in [-0.05, 0) is 54.2 Å². The maximum Gasteiger partial charge on any atom is 0.332 e. The van der Waals surface area contributed by atoms with E-state index in [0.29, 0.717) is 11.8 Å². The molecule has 17 heavy (non-hydrogen) atoms. The summed E-state index contributed by atoms with van der Waals surface area (Å²) in [6.07, 6.45) is 6.73. The summed E-state index contributed by atoms with van der Waals surface area (Å²) in [6, 6.07) is 0. The lowest BCUT2D eigenvalue weighted by molar-refractivity contribution is -0.147. The van der Waals surface area contributed by atoms with E-state index in [2.05, 4.69) is 27.3 Å². The van der Waals surface area contributed by atoms with E-state index >= 15 is 0 Å². The number of ether oxygens (including phenoxy) is 2. The van der Waals surface area contributed by atoms with Gasteiger partial charge in [0.2, 0.25) is 0 Å². The fourth-order valence-corrected chi connectivity index (χ4v) is 4.15. The molecule has 0 N–H and O–H groups in total. The predicted octanol–water partition coefficient (Wildman–Crippen LogP) is 2.21. The second kappa shape index (κ2) is 4.96. The van der Waals surface area contributed by atoms with Crippen molar-refractivity contribution < 1.29 is 19.1 Å². The summed E-state index contributed by atoms with van der Waals surface area (Å²) in [5.74, 6) is 0.174. The minimum absolute atomic E-state index is 0.363. The first-order chi connectivity index (χ1) is 8.03. The van der Waals surface area contributed by atoms with E-state index in [9.17, 15) is 9.59 Å². The molecular weight excluding hydrogens is 335 g/mol. The van der Waals surface area contributed by atoms with Crippen LogP contribution in [-0.4, -0.2) is 22.7 Å². The van der Waals surface area contributed by atoms with E-state index in [1.165, 1.54) is 13.5 Å². The van der Waals surface area contributed by atoms with Crippen molar-refractivity contribution in [2.24, 2.45) is 11.8 Å². The van der Waals surface area contributed by atoms with Gasteiger partial charge in [-0.15, -0.1) is 0 Å². The van der Waals surface area contributed by atoms with Gasteiger partial charge in [0.15, 0.2) is 3.61 Å². The zero-order valence-electron chi connectivity index (χ0n) is 9.65. The minimum atomic E-state index is -0.544. The summed E-state index contributed by atoms with van der Waals surface area (Å²) in [5.41, 5.74) is 0. The number of alkyl halides is 1. The first-order valence-corrected chi connectivity index (χ1v) is 6.79. The number of rotatable bonds is 3. The molecule has 5 heteroatoms. The van der Waals surface area contributed by atoms with Crippen molar-refractivity contribution in [2.45, 2.75) is 29.3 Å². The number of hydrogen-bond donors (Lipinski definition) is 0. The van der Waals surface area contributed by atoms with Gasteiger partial charge in [-0.1, -0.05) is 0 Å². The highest BCUT2D eigenvalue weighted by Crippen LogP contribution is 2.55. The average molecular weight is 350 g/mol. The van der Waals surface area contributed by atoms with Crippen molar-refractivity contribution in [3.05, 3.63) is 12.2 Å². The number of carbonyl (C=O) groups excluding carboxylic acids is 2. The van der Waals surface area contributed by atoms with Crippen LogP contribution in [0.1, 0.15) is 25.7 Å². The van der Waals surface area contributed by atoms with E-state index < -0.39 is 11.9 Å². The van der Waals surface area contributed by atoms with Gasteiger partial charge in [0.1, 0.15) is 0 Å². The van der Waals surface area contributed by atoms with Crippen LogP contribution in [0.25, 0.3) is 0 Å². The van der Waals surface area contributed by atoms with Crippen molar-refractivity contribution in [3.8, 4) is 0 Å². The summed E-state index contributed by atoms with van der Waals surface area (Å²) < 4.78 is 9.53. The first kappa shape index (κ1) is 12.9. The summed E-state index contributed by atoms with van der Waals surface area (Å²) >= 11 is 2.25. The highest BCUT2D eigenvalue weighted by molar-refractivity contribution is 14.1. The number of fused-ring (bicyclic) bond motifs is 2. The van der Waals surface area contributed by atoms with Crippen LogP contribution in [0.15, 0.2) is 12.2 Å². The van der Waals surface area contributed by atoms with Crippen LogP contribution >= 0.6 is 22.6 Å². The number of methoxy groups -OCH3 is 1. The third-order valence-electron chi connectivity index (χ3n) is 3.54. The number of hydrogen-bond acceptors (Lipinski definition) is 4. The molecule has 0 heterocycles. The molecule has 0 radical (unpaired) electrons. The Morgan fingerprint density at radius 1 is 1.29 bits per heavy atom. The van der Waals surface area contributed by atoms with Crippen molar-refractivity contribution >= 4 is 34.5 Å². The molecule has 0 amide bonds. The summed E-state index contributed by atoms with van der Waals surface area (Å²) in [6.45, 7) is 0. The van der Waals surface area contributed by atoms with E-state index in [-0.39, 0.29) is 3.61 Å². The maximum absolute atomic E-state index is 11.6. The molecule has 94 valence electrons. The molecule has 4 nitrogen and oxygen atoms in total. The SMILES string of the molecule is COC(=O)/C=C/C(=O)OC1(I)CC2CCC1C2. The van der Waals surface area contributed by atoms with Crippen molar-refractivity contribution in [3.63, 3.8) is 0 Å². The van der Waals surface area contributed by atoms with Gasteiger partial charge in [0.25, 0.3) is 0 Å². The summed E-state index contributed by atoms with van der Waals surface area (Å²) in [5, 5.41) is 0. The topological polar surface area (TPSA) is 52.6 Å². The van der Waals surface area contributed by atoms with E-state index in [1.807, 2.05) is 0 Å². The first-order valence-electron chi connectivity index (χ1n) is 5.71. The molecule has 3 unspecified atom stereocenters. The van der Waals surface area contributed by atoms with Crippen LogP contribution in [0, 0.1) is 11.8 Å². The van der Waals surface area contributed by atoms with Gasteiger partial charge in [-0.25, -0.2) is 9.59 Å². The lowest BCUT2D eigenvalue weighted by Gasteiger charge is -2.31. The Labute approximate surface area is 114 Å². The maximum atomic E-state index is 11.6. The van der Waals surface area contributed by atoms with Gasteiger partial charge in [-0.2, -0.15) is 0 Å². The molecular formula is C12H15IO4. The van der Waals surface area contributed by atoms with Gasteiger partial charge >= 0.3 is 11.9 Å². The molecule has 2 fully saturated rings. The lowest BCUT2D eigenvalue weighted by Crippen LogP contribution is -2.33. The van der Waals surface area contributed by atoms with Crippen molar-refractivity contribution in [1.82, 2.24) is 0 Å². The van der Waals surface area contributed by atoms with E-state index in [4.69, 9.17) is 4.74 Å². The zero-order chi connectivity index (χ0) is 12.5. The quantitative estimate of drug-likeness (QED) is 0.339. The van der Waals surface area contributed by atoms with Crippen LogP contribution in [0.2, 0.25) is 0 Å². The van der Waals surface area contributed by atoms with Crippen molar-refractivity contribution in [1.29, 1.82) is 0 Å². The molecule has 2 aliphatic rings. The lowest BCUT2D eigenvalue weighted by atomic mass is 9.97. The smallest absolute Gasteiger partial charge is 0.332 e. The van der Waals surface area contributed by atoms with Gasteiger partial charge < -0.3 is 9.47 Å². The van der Waals surface area contributed by atoms with Crippen LogP contribution < -0.4 is 0 Å². The van der Waals surface area contributed by atoms with Gasteiger partial charge in [-0.3, -0.25) is 0 Å². The third kappa shape index (κ3) is 2.81. The molecule has 2 aliphatic carbocycles. The van der Waals surface area contributed by atoms with Crippen LogP contribution in [0.4, 0.5) is 0 Å². The highest BCUT2D eigenvalue weighted by Gasteiger charge is 2.51. The Hall–Kier alpha value is -0.590. The van der Waals surface area contributed by atoms with Gasteiger partial charge in [0.05, 0.1) is 7.11 Å². The monoisotopic (exact) mass is 350 g/mol. The Bertz CT molecular complexity index is 366. The largest absolute Gasteiger partial charge is 0.466 e. The molecule has 0 aromatic heterocycles. The van der Waals surface area contributed by atoms with Crippen LogP contribution in [-0.2, 0) is 19.1 Å². The number of esters is 2. The van der Waals surface area contributed by atoms with Gasteiger partial charge in [0, 0.05) is 18.1 Å². The Morgan fingerprint density at radius 3 is 2.53 bits per heavy atom. The predicted molar refractivity (Wildman–Crippen MR) is 69.4 cm³/mol. The van der Waals surface area contributed by atoms with Crippen molar-refractivity contribution in [2.75, 3.05) is 7.11 Å². The average Bonchev–Trinajstić information content (AvgIpc) is 2.85. The molecule has 0 aliphatic heterocycles.